The summed E-state index contributed by atoms with van der Waals surface area (Å²) in [6.45, 7) is 9.48. The standard InChI is InChI=1S/C18H26N4O3/c1-3-9-19-17(23)14-21-10-12-22(13-11-21)18(24)20-15-5-7-16(8-6-15)25-4-2/h3,5-8H,1,4,9-14H2,2H3,(H,19,23)(H,20,24). The van der Waals surface area contributed by atoms with Crippen LogP contribution in [0, 0.1) is 0 Å². The van der Waals surface area contributed by atoms with Gasteiger partial charge in [-0.2, -0.15) is 0 Å². The highest BCUT2D eigenvalue weighted by molar-refractivity contribution is 5.89. The van der Waals surface area contributed by atoms with Crippen molar-refractivity contribution in [1.29, 1.82) is 0 Å². The van der Waals surface area contributed by atoms with E-state index in [1.165, 1.54) is 0 Å². The molecule has 2 rings (SSSR count). The number of carbonyl (C=O) groups is 2. The van der Waals surface area contributed by atoms with Crippen LogP contribution < -0.4 is 15.4 Å². The van der Waals surface area contributed by atoms with E-state index in [2.05, 4.69) is 17.2 Å². The van der Waals surface area contributed by atoms with Gasteiger partial charge in [0.1, 0.15) is 5.75 Å². The Hall–Kier alpha value is -2.54. The van der Waals surface area contributed by atoms with E-state index in [1.54, 1.807) is 11.0 Å². The van der Waals surface area contributed by atoms with Gasteiger partial charge in [0.15, 0.2) is 0 Å². The predicted molar refractivity (Wildman–Crippen MR) is 97.8 cm³/mol. The zero-order valence-corrected chi connectivity index (χ0v) is 14.7. The molecule has 1 aromatic rings. The molecule has 25 heavy (non-hydrogen) atoms. The van der Waals surface area contributed by atoms with E-state index in [0.29, 0.717) is 45.9 Å². The van der Waals surface area contributed by atoms with Crippen LogP contribution in [0.5, 0.6) is 5.75 Å². The molecule has 0 bridgehead atoms. The van der Waals surface area contributed by atoms with Crippen LogP contribution in [0.15, 0.2) is 36.9 Å². The molecule has 1 aliphatic rings. The normalized spacial score (nSPS) is 14.7. The Balaban J connectivity index is 1.75. The van der Waals surface area contributed by atoms with Gasteiger partial charge in [-0.15, -0.1) is 6.58 Å². The highest BCUT2D eigenvalue weighted by atomic mass is 16.5. The number of hydrogen-bond donors (Lipinski definition) is 2. The van der Waals surface area contributed by atoms with Crippen molar-refractivity contribution in [2.45, 2.75) is 6.92 Å². The molecule has 2 N–H and O–H groups in total. The Labute approximate surface area is 148 Å². The lowest BCUT2D eigenvalue weighted by molar-refractivity contribution is -0.122. The van der Waals surface area contributed by atoms with Crippen LogP contribution in [0.1, 0.15) is 6.92 Å². The first-order valence-corrected chi connectivity index (χ1v) is 8.51. The van der Waals surface area contributed by atoms with E-state index in [1.807, 2.05) is 36.1 Å². The Kier molecular flexibility index (Phi) is 7.28. The van der Waals surface area contributed by atoms with Crippen molar-refractivity contribution in [2.75, 3.05) is 51.2 Å². The number of urea groups is 1. The van der Waals surface area contributed by atoms with Gasteiger partial charge in [0, 0.05) is 38.4 Å². The van der Waals surface area contributed by atoms with Gasteiger partial charge in [0.05, 0.1) is 13.2 Å². The van der Waals surface area contributed by atoms with Crippen molar-refractivity contribution in [1.82, 2.24) is 15.1 Å². The van der Waals surface area contributed by atoms with Gasteiger partial charge in [-0.3, -0.25) is 9.69 Å². The number of piperazine rings is 1. The third kappa shape index (κ3) is 6.11. The molecule has 136 valence electrons. The van der Waals surface area contributed by atoms with Crippen LogP contribution in [-0.2, 0) is 4.79 Å². The molecule has 1 heterocycles. The maximum absolute atomic E-state index is 12.3. The SMILES string of the molecule is C=CCNC(=O)CN1CCN(C(=O)Nc2ccc(OCC)cc2)CC1. The monoisotopic (exact) mass is 346 g/mol. The number of nitrogens with one attached hydrogen (secondary N) is 2. The third-order valence-electron chi connectivity index (χ3n) is 3.89. The van der Waals surface area contributed by atoms with E-state index in [4.69, 9.17) is 4.74 Å². The maximum atomic E-state index is 12.3. The number of anilines is 1. The van der Waals surface area contributed by atoms with Gasteiger partial charge >= 0.3 is 6.03 Å². The van der Waals surface area contributed by atoms with Crippen molar-refractivity contribution < 1.29 is 14.3 Å². The molecule has 1 fully saturated rings. The van der Waals surface area contributed by atoms with Gasteiger partial charge in [-0.05, 0) is 31.2 Å². The lowest BCUT2D eigenvalue weighted by Gasteiger charge is -2.34. The van der Waals surface area contributed by atoms with Crippen LogP contribution in [0.3, 0.4) is 0 Å². The number of hydrogen-bond acceptors (Lipinski definition) is 4. The Bertz CT molecular complexity index is 580. The van der Waals surface area contributed by atoms with E-state index < -0.39 is 0 Å². The van der Waals surface area contributed by atoms with Crippen molar-refractivity contribution in [3.63, 3.8) is 0 Å². The number of benzene rings is 1. The first kappa shape index (κ1) is 18.8. The molecule has 0 saturated carbocycles. The highest BCUT2D eigenvalue weighted by Crippen LogP contribution is 2.16. The lowest BCUT2D eigenvalue weighted by Crippen LogP contribution is -2.52. The molecule has 1 aliphatic heterocycles. The van der Waals surface area contributed by atoms with E-state index in [9.17, 15) is 9.59 Å². The number of nitrogens with zero attached hydrogens (tertiary/aromatic N) is 2. The Morgan fingerprint density at radius 2 is 1.88 bits per heavy atom. The van der Waals surface area contributed by atoms with E-state index >= 15 is 0 Å². The summed E-state index contributed by atoms with van der Waals surface area (Å²) in [5.74, 6) is 0.760. The molecule has 1 saturated heterocycles. The molecule has 0 aromatic heterocycles. The molecular weight excluding hydrogens is 320 g/mol. The largest absolute Gasteiger partial charge is 0.494 e. The molecule has 0 radical (unpaired) electrons. The first-order chi connectivity index (χ1) is 12.1. The third-order valence-corrected chi connectivity index (χ3v) is 3.89. The van der Waals surface area contributed by atoms with Crippen LogP contribution in [-0.4, -0.2) is 67.6 Å². The zero-order valence-electron chi connectivity index (χ0n) is 14.7. The highest BCUT2D eigenvalue weighted by Gasteiger charge is 2.22. The quantitative estimate of drug-likeness (QED) is 0.735. The van der Waals surface area contributed by atoms with Crippen molar-refractivity contribution in [3.8, 4) is 5.75 Å². The summed E-state index contributed by atoms with van der Waals surface area (Å²) in [7, 11) is 0. The minimum Gasteiger partial charge on any atom is -0.494 e. The summed E-state index contributed by atoms with van der Waals surface area (Å²) in [5, 5.41) is 5.65. The molecule has 1 aromatic carbocycles. The summed E-state index contributed by atoms with van der Waals surface area (Å²) in [5.41, 5.74) is 0.736. The molecule has 0 atom stereocenters. The van der Waals surface area contributed by atoms with Gasteiger partial charge in [-0.1, -0.05) is 6.08 Å². The fourth-order valence-corrected chi connectivity index (χ4v) is 2.56. The summed E-state index contributed by atoms with van der Waals surface area (Å²) in [4.78, 5) is 27.8. The fraction of sp³-hybridized carbons (Fsp3) is 0.444. The second kappa shape index (κ2) is 9.68. The van der Waals surface area contributed by atoms with Gasteiger partial charge in [0.2, 0.25) is 5.91 Å². The number of ether oxygens (including phenoxy) is 1. The fourth-order valence-electron chi connectivity index (χ4n) is 2.56. The average Bonchev–Trinajstić information content (AvgIpc) is 2.62. The average molecular weight is 346 g/mol. The molecule has 0 unspecified atom stereocenters. The molecule has 7 heteroatoms. The van der Waals surface area contributed by atoms with Gasteiger partial charge in [0.25, 0.3) is 0 Å². The minimum atomic E-state index is -0.125. The smallest absolute Gasteiger partial charge is 0.321 e. The van der Waals surface area contributed by atoms with Crippen LogP contribution in [0.2, 0.25) is 0 Å². The molecule has 3 amide bonds. The number of amides is 3. The van der Waals surface area contributed by atoms with Crippen LogP contribution in [0.4, 0.5) is 10.5 Å². The lowest BCUT2D eigenvalue weighted by atomic mass is 10.3. The maximum Gasteiger partial charge on any atom is 0.321 e. The van der Waals surface area contributed by atoms with Crippen molar-refractivity contribution in [2.24, 2.45) is 0 Å². The predicted octanol–water partition coefficient (Wildman–Crippen LogP) is 1.54. The minimum absolute atomic E-state index is 0.0211. The Morgan fingerprint density at radius 1 is 1.20 bits per heavy atom. The molecule has 7 nitrogen and oxygen atoms in total. The Morgan fingerprint density at radius 3 is 2.48 bits per heavy atom. The van der Waals surface area contributed by atoms with Crippen LogP contribution in [0.25, 0.3) is 0 Å². The molecule has 0 spiro atoms. The summed E-state index contributed by atoms with van der Waals surface area (Å²) < 4.78 is 5.38. The topological polar surface area (TPSA) is 73.9 Å². The van der Waals surface area contributed by atoms with Crippen molar-refractivity contribution in [3.05, 3.63) is 36.9 Å². The van der Waals surface area contributed by atoms with Crippen molar-refractivity contribution >= 4 is 17.6 Å². The molecular formula is C18H26N4O3. The second-order valence-electron chi connectivity index (χ2n) is 5.74. The zero-order chi connectivity index (χ0) is 18.1. The second-order valence-corrected chi connectivity index (χ2v) is 5.74. The number of rotatable bonds is 7. The van der Waals surface area contributed by atoms with E-state index in [-0.39, 0.29) is 11.9 Å². The summed E-state index contributed by atoms with van der Waals surface area (Å²) in [6.07, 6.45) is 1.65. The summed E-state index contributed by atoms with van der Waals surface area (Å²) in [6, 6.07) is 7.18. The molecule has 0 aliphatic carbocycles. The van der Waals surface area contributed by atoms with Crippen LogP contribution >= 0.6 is 0 Å². The summed E-state index contributed by atoms with van der Waals surface area (Å²) >= 11 is 0. The first-order valence-electron chi connectivity index (χ1n) is 8.51. The van der Waals surface area contributed by atoms with E-state index in [0.717, 1.165) is 11.4 Å². The van der Waals surface area contributed by atoms with Gasteiger partial charge < -0.3 is 20.3 Å². The number of carbonyl (C=O) groups excluding carboxylic acids is 2. The van der Waals surface area contributed by atoms with Gasteiger partial charge in [-0.25, -0.2) is 4.79 Å².